The average Bonchev–Trinajstić information content (AvgIpc) is 3.21. The van der Waals surface area contributed by atoms with Crippen molar-refractivity contribution in [3.05, 3.63) is 24.3 Å². The molecular weight excluding hydrogens is 362 g/mol. The van der Waals surface area contributed by atoms with E-state index in [9.17, 15) is 9.59 Å². The molecule has 2 aliphatic heterocycles. The second-order valence-corrected chi connectivity index (χ2v) is 7.20. The van der Waals surface area contributed by atoms with Gasteiger partial charge in [0.25, 0.3) is 0 Å². The monoisotopic (exact) mass is 391 g/mol. The van der Waals surface area contributed by atoms with Gasteiger partial charge < -0.3 is 24.8 Å². The van der Waals surface area contributed by atoms with E-state index in [0.29, 0.717) is 13.2 Å². The first-order chi connectivity index (χ1) is 13.6. The van der Waals surface area contributed by atoms with Crippen molar-refractivity contribution in [1.29, 1.82) is 0 Å². The molecule has 0 spiro atoms. The van der Waals surface area contributed by atoms with E-state index in [4.69, 9.17) is 14.2 Å². The Labute approximate surface area is 165 Å². The topological polar surface area (TPSA) is 89.1 Å². The van der Waals surface area contributed by atoms with Crippen LogP contribution in [0.3, 0.4) is 0 Å². The Morgan fingerprint density at radius 2 is 2.04 bits per heavy atom. The summed E-state index contributed by atoms with van der Waals surface area (Å²) in [7, 11) is 1.61. The predicted molar refractivity (Wildman–Crippen MR) is 105 cm³/mol. The Balaban J connectivity index is 1.45. The van der Waals surface area contributed by atoms with Crippen molar-refractivity contribution in [3.8, 4) is 5.75 Å². The lowest BCUT2D eigenvalue weighted by atomic mass is 10.0. The van der Waals surface area contributed by atoms with Crippen molar-refractivity contribution >= 4 is 17.7 Å². The molecule has 1 aromatic carbocycles. The van der Waals surface area contributed by atoms with Gasteiger partial charge in [-0.05, 0) is 50.1 Å². The maximum absolute atomic E-state index is 12.4. The van der Waals surface area contributed by atoms with E-state index in [1.165, 1.54) is 0 Å². The van der Waals surface area contributed by atoms with Gasteiger partial charge in [0.1, 0.15) is 12.4 Å². The van der Waals surface area contributed by atoms with E-state index < -0.39 is 6.09 Å². The van der Waals surface area contributed by atoms with Crippen LogP contribution in [0.4, 0.5) is 10.5 Å². The van der Waals surface area contributed by atoms with Crippen LogP contribution in [0.1, 0.15) is 25.7 Å². The molecule has 0 bridgehead atoms. The molecule has 1 aromatic rings. The molecule has 2 fully saturated rings. The third-order valence-corrected chi connectivity index (χ3v) is 5.13. The smallest absolute Gasteiger partial charge is 0.407 e. The molecule has 0 radical (unpaired) electrons. The lowest BCUT2D eigenvalue weighted by molar-refractivity contribution is -0.118. The fourth-order valence-corrected chi connectivity index (χ4v) is 3.54. The second-order valence-electron chi connectivity index (χ2n) is 7.20. The van der Waals surface area contributed by atoms with Crippen molar-refractivity contribution < 1.29 is 23.8 Å². The molecule has 2 amide bonds. The van der Waals surface area contributed by atoms with Crippen LogP contribution in [0.2, 0.25) is 0 Å². The van der Waals surface area contributed by atoms with Gasteiger partial charge in [0, 0.05) is 18.3 Å². The summed E-state index contributed by atoms with van der Waals surface area (Å²) in [5, 5.41) is 5.73. The SMILES string of the molecule is COc1ccc(NC(=O)CN2CCCCC2COC(=O)NC2CCOC2)cc1. The second kappa shape index (κ2) is 10.3. The van der Waals surface area contributed by atoms with E-state index in [-0.39, 0.29) is 31.1 Å². The number of alkyl carbamates (subject to hydrolysis) is 1. The Morgan fingerprint density at radius 3 is 2.75 bits per heavy atom. The lowest BCUT2D eigenvalue weighted by Crippen LogP contribution is -2.47. The molecule has 28 heavy (non-hydrogen) atoms. The van der Waals surface area contributed by atoms with Crippen LogP contribution in [-0.2, 0) is 14.3 Å². The highest BCUT2D eigenvalue weighted by molar-refractivity contribution is 5.92. The Kier molecular flexibility index (Phi) is 7.50. The number of carbonyl (C=O) groups is 2. The van der Waals surface area contributed by atoms with Gasteiger partial charge >= 0.3 is 6.09 Å². The molecule has 2 aliphatic rings. The third-order valence-electron chi connectivity index (χ3n) is 5.13. The number of benzene rings is 1. The average molecular weight is 391 g/mol. The largest absolute Gasteiger partial charge is 0.497 e. The molecule has 2 atom stereocenters. The van der Waals surface area contributed by atoms with Gasteiger partial charge in [0.15, 0.2) is 0 Å². The van der Waals surface area contributed by atoms with Crippen LogP contribution in [0, 0.1) is 0 Å². The van der Waals surface area contributed by atoms with Gasteiger partial charge in [-0.2, -0.15) is 0 Å². The number of methoxy groups -OCH3 is 1. The Hall–Kier alpha value is -2.32. The molecule has 0 aliphatic carbocycles. The standard InChI is InChI=1S/C20H29N3O5/c1-26-18-7-5-15(6-8-18)21-19(24)12-23-10-3-2-4-17(23)14-28-20(25)22-16-9-11-27-13-16/h5-8,16-17H,2-4,9-14H2,1H3,(H,21,24)(H,22,25). The van der Waals surface area contributed by atoms with Crippen LogP contribution < -0.4 is 15.4 Å². The first-order valence-corrected chi connectivity index (χ1v) is 9.83. The molecule has 2 heterocycles. The van der Waals surface area contributed by atoms with E-state index in [0.717, 1.165) is 43.7 Å². The summed E-state index contributed by atoms with van der Waals surface area (Å²) < 4.78 is 15.8. The Bertz CT molecular complexity index is 646. The molecule has 154 valence electrons. The highest BCUT2D eigenvalue weighted by Gasteiger charge is 2.26. The lowest BCUT2D eigenvalue weighted by Gasteiger charge is -2.34. The van der Waals surface area contributed by atoms with Crippen molar-refractivity contribution in [3.63, 3.8) is 0 Å². The maximum Gasteiger partial charge on any atom is 0.407 e. The number of ether oxygens (including phenoxy) is 3. The molecule has 3 rings (SSSR count). The van der Waals surface area contributed by atoms with E-state index in [1.807, 2.05) is 12.1 Å². The number of nitrogens with one attached hydrogen (secondary N) is 2. The number of hydrogen-bond acceptors (Lipinski definition) is 6. The van der Waals surface area contributed by atoms with Crippen molar-refractivity contribution in [2.75, 3.05) is 45.3 Å². The minimum atomic E-state index is -0.413. The van der Waals surface area contributed by atoms with Crippen molar-refractivity contribution in [2.45, 2.75) is 37.8 Å². The zero-order valence-electron chi connectivity index (χ0n) is 16.3. The first kappa shape index (κ1) is 20.4. The molecule has 2 saturated heterocycles. The molecular formula is C20H29N3O5. The maximum atomic E-state index is 12.4. The van der Waals surface area contributed by atoms with Gasteiger partial charge in [-0.25, -0.2) is 4.79 Å². The van der Waals surface area contributed by atoms with Crippen LogP contribution >= 0.6 is 0 Å². The number of likely N-dealkylation sites (tertiary alicyclic amines) is 1. The van der Waals surface area contributed by atoms with Gasteiger partial charge in [-0.1, -0.05) is 6.42 Å². The summed E-state index contributed by atoms with van der Waals surface area (Å²) in [6.07, 6.45) is 3.43. The van der Waals surface area contributed by atoms with Gasteiger partial charge in [-0.3, -0.25) is 9.69 Å². The number of amides is 2. The number of hydrogen-bond donors (Lipinski definition) is 2. The minimum absolute atomic E-state index is 0.0326. The fourth-order valence-electron chi connectivity index (χ4n) is 3.54. The van der Waals surface area contributed by atoms with E-state index in [2.05, 4.69) is 15.5 Å². The molecule has 8 nitrogen and oxygen atoms in total. The molecule has 2 N–H and O–H groups in total. The number of nitrogens with zero attached hydrogens (tertiary/aromatic N) is 1. The summed E-state index contributed by atoms with van der Waals surface area (Å²) in [5.74, 6) is 0.665. The number of anilines is 1. The van der Waals surface area contributed by atoms with Crippen molar-refractivity contribution in [2.24, 2.45) is 0 Å². The van der Waals surface area contributed by atoms with E-state index >= 15 is 0 Å². The van der Waals surface area contributed by atoms with Crippen LogP contribution in [0.25, 0.3) is 0 Å². The molecule has 0 saturated carbocycles. The van der Waals surface area contributed by atoms with Crippen LogP contribution in [-0.4, -0.2) is 69.0 Å². The molecule has 2 unspecified atom stereocenters. The normalized spacial score (nSPS) is 22.5. The van der Waals surface area contributed by atoms with Crippen molar-refractivity contribution in [1.82, 2.24) is 10.2 Å². The summed E-state index contributed by atoms with van der Waals surface area (Å²) in [6, 6.07) is 7.32. The van der Waals surface area contributed by atoms with Gasteiger partial charge in [-0.15, -0.1) is 0 Å². The third kappa shape index (κ3) is 6.10. The zero-order valence-corrected chi connectivity index (χ0v) is 16.3. The summed E-state index contributed by atoms with van der Waals surface area (Å²) in [4.78, 5) is 26.5. The Morgan fingerprint density at radius 1 is 1.21 bits per heavy atom. The summed E-state index contributed by atoms with van der Waals surface area (Å²) in [6.45, 7) is 2.59. The predicted octanol–water partition coefficient (Wildman–Crippen LogP) is 2.00. The number of carbonyl (C=O) groups excluding carboxylic acids is 2. The quantitative estimate of drug-likeness (QED) is 0.739. The van der Waals surface area contributed by atoms with Crippen LogP contribution in [0.15, 0.2) is 24.3 Å². The minimum Gasteiger partial charge on any atom is -0.497 e. The fraction of sp³-hybridized carbons (Fsp3) is 0.600. The van der Waals surface area contributed by atoms with Gasteiger partial charge in [0.05, 0.1) is 26.3 Å². The molecule has 8 heteroatoms. The zero-order chi connectivity index (χ0) is 19.8. The highest BCUT2D eigenvalue weighted by atomic mass is 16.6. The first-order valence-electron chi connectivity index (χ1n) is 9.83. The highest BCUT2D eigenvalue weighted by Crippen LogP contribution is 2.18. The summed E-state index contributed by atoms with van der Waals surface area (Å²) in [5.41, 5.74) is 0.730. The number of rotatable bonds is 7. The van der Waals surface area contributed by atoms with E-state index in [1.54, 1.807) is 19.2 Å². The summed E-state index contributed by atoms with van der Waals surface area (Å²) >= 11 is 0. The van der Waals surface area contributed by atoms with Gasteiger partial charge in [0.2, 0.25) is 5.91 Å². The number of piperidine rings is 1. The molecule has 0 aromatic heterocycles. The van der Waals surface area contributed by atoms with Crippen LogP contribution in [0.5, 0.6) is 5.75 Å².